The zero-order valence-electron chi connectivity index (χ0n) is 9.12. The van der Waals surface area contributed by atoms with Crippen LogP contribution < -0.4 is 5.32 Å². The number of carbonyl (C=O) groups excluding carboxylic acids is 1. The van der Waals surface area contributed by atoms with Crippen LogP contribution in [0.1, 0.15) is 16.9 Å². The van der Waals surface area contributed by atoms with Crippen molar-refractivity contribution in [3.05, 3.63) is 21.9 Å². The van der Waals surface area contributed by atoms with E-state index in [0.29, 0.717) is 0 Å². The molecule has 2 rings (SSSR count). The van der Waals surface area contributed by atoms with Gasteiger partial charge in [-0.15, -0.1) is 11.3 Å². The van der Waals surface area contributed by atoms with E-state index in [0.717, 1.165) is 19.5 Å². The monoisotopic (exact) mass is 224 g/mol. The number of likely N-dealkylation sites (tertiary alicyclic amines) is 1. The standard InChI is InChI=1S/C11H16N2OS/c1-8-4-6-15-10(8)7-12-9-3-5-13(2)11(9)14/h4,6,9,12H,3,5,7H2,1-2H3. The van der Waals surface area contributed by atoms with Crippen molar-refractivity contribution in [3.63, 3.8) is 0 Å². The topological polar surface area (TPSA) is 32.3 Å². The molecular formula is C11H16N2OS. The van der Waals surface area contributed by atoms with Crippen molar-refractivity contribution in [2.24, 2.45) is 0 Å². The molecule has 1 aromatic rings. The maximum atomic E-state index is 11.6. The first-order valence-electron chi connectivity index (χ1n) is 5.20. The first-order valence-corrected chi connectivity index (χ1v) is 6.08. The van der Waals surface area contributed by atoms with Crippen molar-refractivity contribution >= 4 is 17.2 Å². The van der Waals surface area contributed by atoms with Crippen molar-refractivity contribution < 1.29 is 4.79 Å². The molecule has 1 atom stereocenters. The molecule has 0 saturated carbocycles. The highest BCUT2D eigenvalue weighted by Gasteiger charge is 2.28. The van der Waals surface area contributed by atoms with E-state index in [9.17, 15) is 4.79 Å². The summed E-state index contributed by atoms with van der Waals surface area (Å²) < 4.78 is 0. The van der Waals surface area contributed by atoms with E-state index in [1.165, 1.54) is 10.4 Å². The van der Waals surface area contributed by atoms with Crippen LogP contribution in [0.4, 0.5) is 0 Å². The maximum absolute atomic E-state index is 11.6. The fourth-order valence-corrected chi connectivity index (χ4v) is 2.67. The van der Waals surface area contributed by atoms with Gasteiger partial charge < -0.3 is 10.2 Å². The molecule has 1 saturated heterocycles. The van der Waals surface area contributed by atoms with Crippen molar-refractivity contribution in [1.29, 1.82) is 0 Å². The lowest BCUT2D eigenvalue weighted by atomic mass is 10.2. The van der Waals surface area contributed by atoms with E-state index in [4.69, 9.17) is 0 Å². The minimum atomic E-state index is 0.0245. The van der Waals surface area contributed by atoms with Crippen LogP contribution in [0.25, 0.3) is 0 Å². The molecule has 3 nitrogen and oxygen atoms in total. The van der Waals surface area contributed by atoms with Gasteiger partial charge in [-0.1, -0.05) is 0 Å². The molecular weight excluding hydrogens is 208 g/mol. The van der Waals surface area contributed by atoms with Gasteiger partial charge in [-0.25, -0.2) is 0 Å². The molecule has 0 radical (unpaired) electrons. The Hall–Kier alpha value is -0.870. The summed E-state index contributed by atoms with van der Waals surface area (Å²) in [6, 6.07) is 2.14. The summed E-state index contributed by atoms with van der Waals surface area (Å²) in [4.78, 5) is 14.7. The van der Waals surface area contributed by atoms with Crippen LogP contribution in [0.15, 0.2) is 11.4 Å². The number of hydrogen-bond donors (Lipinski definition) is 1. The molecule has 1 N–H and O–H groups in total. The smallest absolute Gasteiger partial charge is 0.239 e. The van der Waals surface area contributed by atoms with Gasteiger partial charge in [0, 0.05) is 25.0 Å². The summed E-state index contributed by atoms with van der Waals surface area (Å²) in [7, 11) is 1.86. The Bertz CT molecular complexity index is 361. The molecule has 1 aliphatic heterocycles. The predicted molar refractivity (Wildman–Crippen MR) is 61.9 cm³/mol. The molecule has 4 heteroatoms. The van der Waals surface area contributed by atoms with Crippen molar-refractivity contribution in [2.75, 3.05) is 13.6 Å². The van der Waals surface area contributed by atoms with Gasteiger partial charge in [0.05, 0.1) is 6.04 Å². The second-order valence-electron chi connectivity index (χ2n) is 4.01. The fourth-order valence-electron chi connectivity index (χ4n) is 1.81. The number of rotatable bonds is 3. The first-order chi connectivity index (χ1) is 7.18. The normalized spacial score (nSPS) is 21.3. The maximum Gasteiger partial charge on any atom is 0.239 e. The summed E-state index contributed by atoms with van der Waals surface area (Å²) in [5, 5.41) is 5.42. The highest BCUT2D eigenvalue weighted by atomic mass is 32.1. The number of thiophene rings is 1. The number of aryl methyl sites for hydroxylation is 1. The van der Waals surface area contributed by atoms with E-state index in [2.05, 4.69) is 23.7 Å². The SMILES string of the molecule is Cc1ccsc1CNC1CCN(C)C1=O. The quantitative estimate of drug-likeness (QED) is 0.841. The highest BCUT2D eigenvalue weighted by Crippen LogP contribution is 2.16. The van der Waals surface area contributed by atoms with Gasteiger partial charge in [0.25, 0.3) is 0 Å². The average molecular weight is 224 g/mol. The second-order valence-corrected chi connectivity index (χ2v) is 5.01. The van der Waals surface area contributed by atoms with Gasteiger partial charge in [0.1, 0.15) is 0 Å². The summed E-state index contributed by atoms with van der Waals surface area (Å²) in [6.07, 6.45) is 0.930. The third kappa shape index (κ3) is 2.21. The van der Waals surface area contributed by atoms with E-state index in [-0.39, 0.29) is 11.9 Å². The number of likely N-dealkylation sites (N-methyl/N-ethyl adjacent to an activating group) is 1. The van der Waals surface area contributed by atoms with Crippen LogP contribution in [0, 0.1) is 6.92 Å². The summed E-state index contributed by atoms with van der Waals surface area (Å²) in [5.74, 6) is 0.226. The molecule has 1 unspecified atom stereocenters. The largest absolute Gasteiger partial charge is 0.344 e. The molecule has 15 heavy (non-hydrogen) atoms. The van der Waals surface area contributed by atoms with Crippen LogP contribution in [-0.2, 0) is 11.3 Å². The number of hydrogen-bond acceptors (Lipinski definition) is 3. The summed E-state index contributed by atoms with van der Waals surface area (Å²) in [5.41, 5.74) is 1.31. The minimum Gasteiger partial charge on any atom is -0.344 e. The van der Waals surface area contributed by atoms with Crippen molar-refractivity contribution in [1.82, 2.24) is 10.2 Å². The summed E-state index contributed by atoms with van der Waals surface area (Å²) >= 11 is 1.75. The van der Waals surface area contributed by atoms with Crippen LogP contribution in [0.3, 0.4) is 0 Å². The Balaban J connectivity index is 1.89. The number of amides is 1. The van der Waals surface area contributed by atoms with E-state index >= 15 is 0 Å². The molecule has 1 aliphatic rings. The zero-order chi connectivity index (χ0) is 10.8. The Kier molecular flexibility index (Phi) is 3.07. The second kappa shape index (κ2) is 4.33. The number of nitrogens with one attached hydrogen (secondary N) is 1. The Morgan fingerprint density at radius 2 is 2.47 bits per heavy atom. The van der Waals surface area contributed by atoms with Crippen molar-refractivity contribution in [3.8, 4) is 0 Å². The molecule has 0 aromatic carbocycles. The third-order valence-electron chi connectivity index (χ3n) is 2.90. The molecule has 2 heterocycles. The Labute approximate surface area is 94.1 Å². The molecule has 0 bridgehead atoms. The van der Waals surface area contributed by atoms with E-state index in [1.54, 1.807) is 16.2 Å². The minimum absolute atomic E-state index is 0.0245. The third-order valence-corrected chi connectivity index (χ3v) is 3.93. The lowest BCUT2D eigenvalue weighted by molar-refractivity contribution is -0.128. The van der Waals surface area contributed by atoms with E-state index < -0.39 is 0 Å². The lowest BCUT2D eigenvalue weighted by Gasteiger charge is -2.11. The van der Waals surface area contributed by atoms with Gasteiger partial charge in [0.15, 0.2) is 0 Å². The van der Waals surface area contributed by atoms with Crippen LogP contribution in [-0.4, -0.2) is 30.4 Å². The predicted octanol–water partition coefficient (Wildman–Crippen LogP) is 1.38. The van der Waals surface area contributed by atoms with E-state index in [1.807, 2.05) is 7.05 Å². The number of carbonyl (C=O) groups is 1. The average Bonchev–Trinajstić information content (AvgIpc) is 2.74. The molecule has 0 spiro atoms. The van der Waals surface area contributed by atoms with Crippen LogP contribution in [0.2, 0.25) is 0 Å². The fraction of sp³-hybridized carbons (Fsp3) is 0.545. The molecule has 82 valence electrons. The van der Waals surface area contributed by atoms with Gasteiger partial charge in [-0.3, -0.25) is 4.79 Å². The van der Waals surface area contributed by atoms with Gasteiger partial charge >= 0.3 is 0 Å². The summed E-state index contributed by atoms with van der Waals surface area (Å²) in [6.45, 7) is 3.80. The molecule has 1 fully saturated rings. The van der Waals surface area contributed by atoms with Crippen molar-refractivity contribution in [2.45, 2.75) is 25.9 Å². The van der Waals surface area contributed by atoms with Crippen LogP contribution >= 0.6 is 11.3 Å². The number of nitrogens with zero attached hydrogens (tertiary/aromatic N) is 1. The molecule has 1 aromatic heterocycles. The van der Waals surface area contributed by atoms with Gasteiger partial charge in [0.2, 0.25) is 5.91 Å². The highest BCUT2D eigenvalue weighted by molar-refractivity contribution is 7.10. The lowest BCUT2D eigenvalue weighted by Crippen LogP contribution is -2.36. The Morgan fingerprint density at radius 1 is 1.67 bits per heavy atom. The molecule has 1 amide bonds. The molecule has 0 aliphatic carbocycles. The Morgan fingerprint density at radius 3 is 3.00 bits per heavy atom. The van der Waals surface area contributed by atoms with Gasteiger partial charge in [-0.05, 0) is 30.4 Å². The first kappa shape index (κ1) is 10.6. The zero-order valence-corrected chi connectivity index (χ0v) is 9.93. The van der Waals surface area contributed by atoms with Crippen LogP contribution in [0.5, 0.6) is 0 Å². The van der Waals surface area contributed by atoms with Gasteiger partial charge in [-0.2, -0.15) is 0 Å².